The Hall–Kier alpha value is -0.0603. The van der Waals surface area contributed by atoms with Crippen LogP contribution >= 0.6 is 23.2 Å². The Balaban J connectivity index is 0. The van der Waals surface area contributed by atoms with Crippen molar-refractivity contribution in [2.45, 2.75) is 13.3 Å². The quantitative estimate of drug-likeness (QED) is 0.866. The smallest absolute Gasteiger partial charge is 1.00 e. The van der Waals surface area contributed by atoms with Gasteiger partial charge in [-0.25, -0.2) is 5.10 Å². The van der Waals surface area contributed by atoms with Crippen molar-refractivity contribution in [1.82, 2.24) is 10.2 Å². The van der Waals surface area contributed by atoms with Crippen LogP contribution in [-0.2, 0) is 6.42 Å². The van der Waals surface area contributed by atoms with Crippen LogP contribution in [0.15, 0.2) is 29.1 Å². The van der Waals surface area contributed by atoms with E-state index in [9.17, 15) is 4.79 Å². The second kappa shape index (κ2) is 6.92. The number of aromatic amines is 1. The van der Waals surface area contributed by atoms with Gasteiger partial charge >= 0.3 is 37.7 Å². The molecular formula is C12H12CaCl2N2O. The van der Waals surface area contributed by atoms with Crippen molar-refractivity contribution >= 4 is 60.9 Å². The van der Waals surface area contributed by atoms with Gasteiger partial charge in [-0.3, -0.25) is 4.79 Å². The molecule has 0 aliphatic carbocycles. The normalized spacial score (nSPS) is 9.94. The van der Waals surface area contributed by atoms with Gasteiger partial charge in [0, 0.05) is 21.7 Å². The summed E-state index contributed by atoms with van der Waals surface area (Å²) in [5.41, 5.74) is 2.10. The predicted octanol–water partition coefficient (Wildman–Crippen LogP) is 3.15. The number of benzene rings is 1. The van der Waals surface area contributed by atoms with Crippen molar-refractivity contribution < 1.29 is 2.85 Å². The van der Waals surface area contributed by atoms with Gasteiger partial charge in [-0.05, 0) is 30.2 Å². The van der Waals surface area contributed by atoms with Gasteiger partial charge < -0.3 is 2.85 Å². The first kappa shape index (κ1) is 16.0. The molecule has 0 spiro atoms. The maximum absolute atomic E-state index is 10.9. The van der Waals surface area contributed by atoms with Crippen molar-refractivity contribution in [2.24, 2.45) is 0 Å². The molecule has 0 fully saturated rings. The third-order valence-electron chi connectivity index (χ3n) is 2.47. The van der Waals surface area contributed by atoms with Crippen LogP contribution in [0.3, 0.4) is 0 Å². The number of halogens is 2. The minimum atomic E-state index is -0.240. The molecule has 3 nitrogen and oxygen atoms in total. The zero-order valence-corrected chi connectivity index (χ0v) is 13.6. The molecule has 0 saturated carbocycles. The van der Waals surface area contributed by atoms with E-state index in [0.717, 1.165) is 17.5 Å². The van der Waals surface area contributed by atoms with E-state index in [1.54, 1.807) is 18.2 Å². The molecule has 0 radical (unpaired) electrons. The molecule has 1 aromatic heterocycles. The first-order valence-corrected chi connectivity index (χ1v) is 5.91. The Bertz CT molecular complexity index is 579. The molecule has 6 heteroatoms. The monoisotopic (exact) mass is 310 g/mol. The molecular weight excluding hydrogens is 299 g/mol. The van der Waals surface area contributed by atoms with Crippen LogP contribution in [0, 0.1) is 0 Å². The average Bonchev–Trinajstić information content (AvgIpc) is 2.29. The van der Waals surface area contributed by atoms with Crippen LogP contribution in [0.1, 0.15) is 15.3 Å². The topological polar surface area (TPSA) is 45.8 Å². The van der Waals surface area contributed by atoms with Gasteiger partial charge in [0.05, 0.1) is 5.69 Å². The van der Waals surface area contributed by atoms with E-state index in [1.807, 2.05) is 6.92 Å². The molecule has 0 atom stereocenters. The molecule has 1 heterocycles. The molecule has 0 unspecified atom stereocenters. The third-order valence-corrected chi connectivity index (χ3v) is 3.14. The summed E-state index contributed by atoms with van der Waals surface area (Å²) >= 11 is 12.3. The van der Waals surface area contributed by atoms with Gasteiger partial charge in [0.2, 0.25) is 0 Å². The Morgan fingerprint density at radius 1 is 1.28 bits per heavy atom. The van der Waals surface area contributed by atoms with Crippen molar-refractivity contribution in [3.05, 3.63) is 50.2 Å². The molecule has 18 heavy (non-hydrogen) atoms. The third kappa shape index (κ3) is 3.49. The Labute approximate surface area is 147 Å². The van der Waals surface area contributed by atoms with Crippen LogP contribution in [0.5, 0.6) is 0 Å². The fourth-order valence-electron chi connectivity index (χ4n) is 1.59. The molecule has 1 N–H and O–H groups in total. The maximum Gasteiger partial charge on any atom is 2.00 e. The Morgan fingerprint density at radius 3 is 2.33 bits per heavy atom. The average molecular weight is 311 g/mol. The van der Waals surface area contributed by atoms with E-state index >= 15 is 0 Å². The molecule has 0 bridgehead atoms. The zero-order valence-electron chi connectivity index (χ0n) is 11.8. The minimum absolute atomic E-state index is 0. The molecule has 0 amide bonds. The minimum Gasteiger partial charge on any atom is -1.00 e. The summed E-state index contributed by atoms with van der Waals surface area (Å²) in [6, 6.07) is 6.64. The number of hydrogen-bond donors (Lipinski definition) is 1. The SMILES string of the molecule is CCc1c(Cl)cc(-c2ccc(=O)[nH]n2)cc1Cl.[Ca+2].[H-].[H-]. The van der Waals surface area contributed by atoms with E-state index in [4.69, 9.17) is 23.2 Å². The number of nitrogens with one attached hydrogen (secondary N) is 1. The summed E-state index contributed by atoms with van der Waals surface area (Å²) in [6.07, 6.45) is 0.775. The number of hydrogen-bond acceptors (Lipinski definition) is 2. The van der Waals surface area contributed by atoms with E-state index < -0.39 is 0 Å². The van der Waals surface area contributed by atoms with Gasteiger partial charge in [-0.1, -0.05) is 30.1 Å². The van der Waals surface area contributed by atoms with Crippen molar-refractivity contribution in [1.29, 1.82) is 0 Å². The molecule has 1 aromatic carbocycles. The number of rotatable bonds is 2. The summed E-state index contributed by atoms with van der Waals surface area (Å²) in [5, 5.41) is 7.53. The Kier molecular flexibility index (Phi) is 6.15. The fourth-order valence-corrected chi connectivity index (χ4v) is 2.35. The largest absolute Gasteiger partial charge is 2.00 e. The number of aromatic nitrogens is 2. The molecule has 2 aromatic rings. The van der Waals surface area contributed by atoms with Crippen molar-refractivity contribution in [3.63, 3.8) is 0 Å². The second-order valence-electron chi connectivity index (χ2n) is 3.58. The first-order chi connectivity index (χ1) is 8.11. The van der Waals surface area contributed by atoms with Crippen LogP contribution in [0.25, 0.3) is 11.3 Å². The van der Waals surface area contributed by atoms with Crippen LogP contribution in [-0.4, -0.2) is 47.9 Å². The van der Waals surface area contributed by atoms with E-state index in [-0.39, 0.29) is 46.2 Å². The molecule has 0 aliphatic heterocycles. The molecule has 2 rings (SSSR count). The zero-order chi connectivity index (χ0) is 12.4. The van der Waals surface area contributed by atoms with Crippen LogP contribution < -0.4 is 5.56 Å². The summed E-state index contributed by atoms with van der Waals surface area (Å²) in [4.78, 5) is 10.9. The van der Waals surface area contributed by atoms with E-state index in [2.05, 4.69) is 10.2 Å². The van der Waals surface area contributed by atoms with Gasteiger partial charge in [0.15, 0.2) is 0 Å². The van der Waals surface area contributed by atoms with E-state index in [1.165, 1.54) is 6.07 Å². The molecule has 0 saturated heterocycles. The predicted molar refractivity (Wildman–Crippen MR) is 77.7 cm³/mol. The van der Waals surface area contributed by atoms with Crippen molar-refractivity contribution in [3.8, 4) is 11.3 Å². The van der Waals surface area contributed by atoms with Gasteiger partial charge in [-0.2, -0.15) is 5.10 Å². The number of nitrogens with zero attached hydrogens (tertiary/aromatic N) is 1. The van der Waals surface area contributed by atoms with Gasteiger partial charge in [0.1, 0.15) is 0 Å². The van der Waals surface area contributed by atoms with Crippen LogP contribution in [0.2, 0.25) is 10.0 Å². The summed E-state index contributed by atoms with van der Waals surface area (Å²) in [7, 11) is 0. The summed E-state index contributed by atoms with van der Waals surface area (Å²) < 4.78 is 0. The van der Waals surface area contributed by atoms with Gasteiger partial charge in [-0.15, -0.1) is 0 Å². The maximum atomic E-state index is 10.9. The van der Waals surface area contributed by atoms with Gasteiger partial charge in [0.25, 0.3) is 5.56 Å². The molecule has 0 aliphatic rings. The summed E-state index contributed by atoms with van der Waals surface area (Å²) in [6.45, 7) is 1.99. The molecule has 92 valence electrons. The van der Waals surface area contributed by atoms with Crippen molar-refractivity contribution in [2.75, 3.05) is 0 Å². The Morgan fingerprint density at radius 2 is 1.89 bits per heavy atom. The number of H-pyrrole nitrogens is 1. The summed E-state index contributed by atoms with van der Waals surface area (Å²) in [5.74, 6) is 0. The standard InChI is InChI=1S/C12H10Cl2N2O.Ca.2H/c1-2-8-9(13)5-7(6-10(8)14)11-3-4-12(17)16-15-11;;;/h3-6H,2H2,1H3,(H,16,17);;;/q;+2;2*-1. The fraction of sp³-hybridized carbons (Fsp3) is 0.167. The first-order valence-electron chi connectivity index (χ1n) is 5.16. The van der Waals surface area contributed by atoms with Crippen LogP contribution in [0.4, 0.5) is 0 Å². The van der Waals surface area contributed by atoms with E-state index in [0.29, 0.717) is 15.7 Å². The second-order valence-corrected chi connectivity index (χ2v) is 4.39.